The van der Waals surface area contributed by atoms with Crippen LogP contribution >= 0.6 is 11.3 Å². The van der Waals surface area contributed by atoms with Gasteiger partial charge in [0.25, 0.3) is 0 Å². The van der Waals surface area contributed by atoms with Crippen molar-refractivity contribution < 1.29 is 9.18 Å². The smallest absolute Gasteiger partial charge is 0.177 e. The van der Waals surface area contributed by atoms with Gasteiger partial charge in [-0.25, -0.2) is 4.39 Å². The van der Waals surface area contributed by atoms with E-state index in [1.165, 1.54) is 6.07 Å². The zero-order valence-electron chi connectivity index (χ0n) is 11.2. The molecule has 0 saturated carbocycles. The number of ketones is 1. The van der Waals surface area contributed by atoms with Gasteiger partial charge in [0.2, 0.25) is 0 Å². The molecule has 102 valence electrons. The predicted octanol–water partition coefficient (Wildman–Crippen LogP) is 3.38. The quantitative estimate of drug-likeness (QED) is 0.880. The first-order valence-corrected chi connectivity index (χ1v) is 6.83. The summed E-state index contributed by atoms with van der Waals surface area (Å²) in [5.74, 6) is -0.392. The maximum atomic E-state index is 13.2. The molecule has 0 aliphatic heterocycles. The van der Waals surface area contributed by atoms with Crippen LogP contribution in [0.15, 0.2) is 18.2 Å². The largest absolute Gasteiger partial charge is 0.389 e. The number of nitrogen functional groups attached to an aromatic ring is 1. The summed E-state index contributed by atoms with van der Waals surface area (Å²) in [7, 11) is 0. The van der Waals surface area contributed by atoms with Gasteiger partial charge in [0.05, 0.1) is 10.4 Å². The number of benzene rings is 1. The summed E-state index contributed by atoms with van der Waals surface area (Å²) < 4.78 is 13.2. The molecule has 2 rings (SSSR count). The normalized spacial score (nSPS) is 10.3. The number of thiophene rings is 1. The summed E-state index contributed by atoms with van der Waals surface area (Å²) in [6.07, 6.45) is 0.173. The Hall–Kier alpha value is -2.19. The van der Waals surface area contributed by atoms with E-state index < -0.39 is 0 Å². The molecule has 0 fully saturated rings. The monoisotopic (exact) mass is 288 g/mol. The Kier molecular flexibility index (Phi) is 3.86. The van der Waals surface area contributed by atoms with Gasteiger partial charge in [0.15, 0.2) is 5.78 Å². The van der Waals surface area contributed by atoms with Gasteiger partial charge in [0.1, 0.15) is 16.9 Å². The van der Waals surface area contributed by atoms with Crippen molar-refractivity contribution in [1.82, 2.24) is 0 Å². The van der Waals surface area contributed by atoms with Crippen LogP contribution in [0.25, 0.3) is 0 Å². The van der Waals surface area contributed by atoms with Crippen LogP contribution in [-0.4, -0.2) is 5.78 Å². The van der Waals surface area contributed by atoms with Gasteiger partial charge in [-0.3, -0.25) is 4.79 Å². The number of nitrogens with zero attached hydrogens (tertiary/aromatic N) is 1. The van der Waals surface area contributed by atoms with Crippen LogP contribution in [0.3, 0.4) is 0 Å². The molecule has 0 amide bonds. The minimum atomic E-state index is -0.287. The Morgan fingerprint density at radius 1 is 1.45 bits per heavy atom. The van der Waals surface area contributed by atoms with Gasteiger partial charge in [-0.1, -0.05) is 12.1 Å². The highest BCUT2D eigenvalue weighted by Crippen LogP contribution is 2.30. The summed E-state index contributed by atoms with van der Waals surface area (Å²) in [6, 6.07) is 6.61. The lowest BCUT2D eigenvalue weighted by molar-refractivity contribution is 0.0996. The zero-order valence-corrected chi connectivity index (χ0v) is 12.0. The maximum absolute atomic E-state index is 13.2. The molecule has 0 atom stereocenters. The van der Waals surface area contributed by atoms with Crippen molar-refractivity contribution in [3.05, 3.63) is 51.1 Å². The lowest BCUT2D eigenvalue weighted by Gasteiger charge is -2.03. The van der Waals surface area contributed by atoms with Crippen LogP contribution in [0.4, 0.5) is 9.39 Å². The van der Waals surface area contributed by atoms with Gasteiger partial charge in [-0.15, -0.1) is 11.3 Å². The number of carbonyl (C=O) groups is 1. The van der Waals surface area contributed by atoms with Crippen LogP contribution in [0, 0.1) is 31.0 Å². The number of Topliss-reactive ketones (excluding diaryl/α,β-unsaturated/α-hetero) is 1. The SMILES string of the molecule is Cc1cc(CC(=O)c2sc(N)c(C#N)c2C)ccc1F. The first-order chi connectivity index (χ1) is 9.43. The number of anilines is 1. The summed E-state index contributed by atoms with van der Waals surface area (Å²) >= 11 is 1.13. The van der Waals surface area contributed by atoms with E-state index in [0.717, 1.165) is 16.9 Å². The maximum Gasteiger partial charge on any atom is 0.177 e. The molecule has 2 N–H and O–H groups in total. The Morgan fingerprint density at radius 3 is 2.70 bits per heavy atom. The molecular formula is C15H13FN2OS. The Morgan fingerprint density at radius 2 is 2.15 bits per heavy atom. The average molecular weight is 288 g/mol. The third-order valence-electron chi connectivity index (χ3n) is 3.13. The summed E-state index contributed by atoms with van der Waals surface area (Å²) in [4.78, 5) is 12.8. The molecule has 0 bridgehead atoms. The van der Waals surface area contributed by atoms with Crippen LogP contribution in [0.5, 0.6) is 0 Å². The molecule has 0 aliphatic rings. The number of hydrogen-bond donors (Lipinski definition) is 1. The number of nitriles is 1. The number of rotatable bonds is 3. The van der Waals surface area contributed by atoms with E-state index in [1.54, 1.807) is 26.0 Å². The second-order valence-electron chi connectivity index (χ2n) is 4.59. The fourth-order valence-electron chi connectivity index (χ4n) is 2.02. The van der Waals surface area contributed by atoms with E-state index in [9.17, 15) is 9.18 Å². The predicted molar refractivity (Wildman–Crippen MR) is 77.4 cm³/mol. The highest BCUT2D eigenvalue weighted by Gasteiger charge is 2.18. The molecule has 0 saturated heterocycles. The lowest BCUT2D eigenvalue weighted by Crippen LogP contribution is -2.03. The molecule has 0 radical (unpaired) electrons. The second-order valence-corrected chi connectivity index (χ2v) is 5.64. The topological polar surface area (TPSA) is 66.9 Å². The second kappa shape index (κ2) is 5.43. The van der Waals surface area contributed by atoms with Crippen LogP contribution in [0.2, 0.25) is 0 Å². The van der Waals surface area contributed by atoms with Crippen molar-refractivity contribution in [2.45, 2.75) is 20.3 Å². The van der Waals surface area contributed by atoms with Gasteiger partial charge in [0, 0.05) is 6.42 Å². The van der Waals surface area contributed by atoms with Crippen molar-refractivity contribution in [3.63, 3.8) is 0 Å². The molecule has 0 spiro atoms. The molecule has 2 aromatic rings. The Balaban J connectivity index is 2.29. The molecule has 0 aliphatic carbocycles. The highest BCUT2D eigenvalue weighted by molar-refractivity contribution is 7.18. The fourth-order valence-corrected chi connectivity index (χ4v) is 2.99. The molecule has 0 unspecified atom stereocenters. The molecule has 5 heteroatoms. The molecule has 3 nitrogen and oxygen atoms in total. The fraction of sp³-hybridized carbons (Fsp3) is 0.200. The van der Waals surface area contributed by atoms with Crippen molar-refractivity contribution in [2.75, 3.05) is 5.73 Å². The van der Waals surface area contributed by atoms with Crippen LogP contribution < -0.4 is 5.73 Å². The van der Waals surface area contributed by atoms with Gasteiger partial charge < -0.3 is 5.73 Å². The summed E-state index contributed by atoms with van der Waals surface area (Å²) in [6.45, 7) is 3.38. The van der Waals surface area contributed by atoms with E-state index in [0.29, 0.717) is 26.6 Å². The minimum absolute atomic E-state index is 0.105. The van der Waals surface area contributed by atoms with Gasteiger partial charge in [-0.2, -0.15) is 5.26 Å². The van der Waals surface area contributed by atoms with Gasteiger partial charge in [-0.05, 0) is 36.6 Å². The third-order valence-corrected chi connectivity index (χ3v) is 4.29. The van der Waals surface area contributed by atoms with Crippen molar-refractivity contribution >= 4 is 22.1 Å². The standard InChI is InChI=1S/C15H13FN2OS/c1-8-5-10(3-4-12(8)16)6-13(19)14-9(2)11(7-17)15(18)20-14/h3-5H,6,18H2,1-2H3. The summed E-state index contributed by atoms with van der Waals surface area (Å²) in [5, 5.41) is 9.34. The Bertz CT molecular complexity index is 728. The van der Waals surface area contributed by atoms with E-state index >= 15 is 0 Å². The van der Waals surface area contributed by atoms with E-state index in [4.69, 9.17) is 11.0 Å². The van der Waals surface area contributed by atoms with Crippen LogP contribution in [-0.2, 0) is 6.42 Å². The number of aryl methyl sites for hydroxylation is 1. The van der Waals surface area contributed by atoms with E-state index in [1.807, 2.05) is 6.07 Å². The third kappa shape index (κ3) is 2.56. The Labute approximate surface area is 120 Å². The van der Waals surface area contributed by atoms with Gasteiger partial charge >= 0.3 is 0 Å². The minimum Gasteiger partial charge on any atom is -0.389 e. The van der Waals surface area contributed by atoms with E-state index in [-0.39, 0.29) is 18.0 Å². The number of nitrogens with two attached hydrogens (primary N) is 1. The number of hydrogen-bond acceptors (Lipinski definition) is 4. The average Bonchev–Trinajstić information content (AvgIpc) is 2.69. The summed E-state index contributed by atoms with van der Waals surface area (Å²) in [5.41, 5.74) is 7.97. The first kappa shape index (κ1) is 14.2. The lowest BCUT2D eigenvalue weighted by atomic mass is 10.0. The van der Waals surface area contributed by atoms with Crippen molar-refractivity contribution in [1.29, 1.82) is 5.26 Å². The molecule has 1 aromatic carbocycles. The van der Waals surface area contributed by atoms with Crippen molar-refractivity contribution in [3.8, 4) is 6.07 Å². The zero-order chi connectivity index (χ0) is 14.9. The van der Waals surface area contributed by atoms with E-state index in [2.05, 4.69) is 0 Å². The van der Waals surface area contributed by atoms with Crippen LogP contribution in [0.1, 0.15) is 31.9 Å². The molecule has 20 heavy (non-hydrogen) atoms. The first-order valence-electron chi connectivity index (χ1n) is 6.01. The number of halogens is 1. The highest BCUT2D eigenvalue weighted by atomic mass is 32.1. The van der Waals surface area contributed by atoms with Crippen molar-refractivity contribution in [2.24, 2.45) is 0 Å². The molecular weight excluding hydrogens is 275 g/mol. The number of carbonyl (C=O) groups excluding carboxylic acids is 1. The molecule has 1 heterocycles. The molecule has 1 aromatic heterocycles.